The maximum absolute atomic E-state index is 8.73. The Morgan fingerprint density at radius 1 is 1.21 bits per heavy atom. The number of aliphatic hydroxyl groups excluding tert-OH is 1. The first kappa shape index (κ1) is 13.5. The van der Waals surface area contributed by atoms with E-state index >= 15 is 0 Å². The Bertz CT molecular complexity index is 531. The maximum Gasteiger partial charge on any atom is 0.137 e. The second kappa shape index (κ2) is 6.89. The van der Waals surface area contributed by atoms with E-state index in [9.17, 15) is 0 Å². The molecule has 0 spiro atoms. The van der Waals surface area contributed by atoms with Gasteiger partial charge in [-0.2, -0.15) is 0 Å². The lowest BCUT2D eigenvalue weighted by Crippen LogP contribution is -2.04. The summed E-state index contributed by atoms with van der Waals surface area (Å²) in [7, 11) is 1.65. The first-order chi connectivity index (χ1) is 9.35. The van der Waals surface area contributed by atoms with Crippen molar-refractivity contribution >= 4 is 16.7 Å². The summed E-state index contributed by atoms with van der Waals surface area (Å²) in [6, 6.07) is 5.75. The van der Waals surface area contributed by atoms with Crippen molar-refractivity contribution < 1.29 is 9.84 Å². The highest BCUT2D eigenvalue weighted by Gasteiger charge is 2.04. The van der Waals surface area contributed by atoms with Crippen LogP contribution in [0.4, 0.5) is 5.82 Å². The van der Waals surface area contributed by atoms with E-state index in [1.54, 1.807) is 13.4 Å². The molecular weight excluding hydrogens is 242 g/mol. The molecule has 0 saturated carbocycles. The average Bonchev–Trinajstić information content (AvgIpc) is 2.46. The lowest BCUT2D eigenvalue weighted by molar-refractivity contribution is 0.283. The molecule has 0 fully saturated rings. The van der Waals surface area contributed by atoms with Crippen LogP contribution in [-0.2, 0) is 0 Å². The smallest absolute Gasteiger partial charge is 0.137 e. The van der Waals surface area contributed by atoms with Crippen molar-refractivity contribution in [1.82, 2.24) is 9.97 Å². The number of unbranched alkanes of at least 4 members (excludes halogenated alkanes) is 2. The molecule has 5 nitrogen and oxygen atoms in total. The van der Waals surface area contributed by atoms with E-state index in [1.165, 1.54) is 0 Å². The molecule has 0 aliphatic carbocycles. The second-order valence-corrected chi connectivity index (χ2v) is 4.32. The Kier molecular flexibility index (Phi) is 4.92. The number of rotatable bonds is 7. The number of benzene rings is 1. The fraction of sp³-hybridized carbons (Fsp3) is 0.429. The standard InChI is InChI=1S/C14H19N3O2/c1-19-11-5-6-13-12(9-11)14(17-10-16-13)15-7-3-2-4-8-18/h5-6,9-10,18H,2-4,7-8H2,1H3,(H,15,16,17). The van der Waals surface area contributed by atoms with Gasteiger partial charge in [-0.1, -0.05) is 0 Å². The Morgan fingerprint density at radius 2 is 2.11 bits per heavy atom. The van der Waals surface area contributed by atoms with Gasteiger partial charge in [0.2, 0.25) is 0 Å². The fourth-order valence-electron chi connectivity index (χ4n) is 1.92. The second-order valence-electron chi connectivity index (χ2n) is 4.32. The van der Waals surface area contributed by atoms with E-state index in [-0.39, 0.29) is 6.61 Å². The highest BCUT2D eigenvalue weighted by atomic mass is 16.5. The number of anilines is 1. The molecule has 2 N–H and O–H groups in total. The molecule has 1 heterocycles. The van der Waals surface area contributed by atoms with Gasteiger partial charge >= 0.3 is 0 Å². The summed E-state index contributed by atoms with van der Waals surface area (Å²) in [5, 5.41) is 13.0. The molecule has 1 aromatic heterocycles. The Hall–Kier alpha value is -1.88. The van der Waals surface area contributed by atoms with Crippen LogP contribution >= 0.6 is 0 Å². The number of aliphatic hydroxyl groups is 1. The van der Waals surface area contributed by atoms with Gasteiger partial charge in [-0.15, -0.1) is 0 Å². The van der Waals surface area contributed by atoms with Gasteiger partial charge in [0, 0.05) is 18.5 Å². The van der Waals surface area contributed by atoms with Crippen LogP contribution in [0.15, 0.2) is 24.5 Å². The molecule has 19 heavy (non-hydrogen) atoms. The van der Waals surface area contributed by atoms with Crippen LogP contribution in [0.25, 0.3) is 10.9 Å². The zero-order valence-corrected chi connectivity index (χ0v) is 11.1. The lowest BCUT2D eigenvalue weighted by atomic mass is 10.2. The van der Waals surface area contributed by atoms with E-state index in [1.807, 2.05) is 18.2 Å². The SMILES string of the molecule is COc1ccc2ncnc(NCCCCCO)c2c1. The van der Waals surface area contributed by atoms with Crippen LogP contribution in [-0.4, -0.2) is 35.3 Å². The minimum Gasteiger partial charge on any atom is -0.497 e. The predicted octanol–water partition coefficient (Wildman–Crippen LogP) is 2.21. The molecule has 0 bridgehead atoms. The van der Waals surface area contributed by atoms with Crippen molar-refractivity contribution in [2.45, 2.75) is 19.3 Å². The van der Waals surface area contributed by atoms with Gasteiger partial charge in [-0.25, -0.2) is 9.97 Å². The van der Waals surface area contributed by atoms with Crippen molar-refractivity contribution in [3.8, 4) is 5.75 Å². The van der Waals surface area contributed by atoms with Crippen molar-refractivity contribution in [3.63, 3.8) is 0 Å². The van der Waals surface area contributed by atoms with E-state index in [0.29, 0.717) is 0 Å². The number of hydrogen-bond acceptors (Lipinski definition) is 5. The zero-order valence-electron chi connectivity index (χ0n) is 11.1. The third-order valence-electron chi connectivity index (χ3n) is 2.97. The number of ether oxygens (including phenoxy) is 1. The summed E-state index contributed by atoms with van der Waals surface area (Å²) in [5.41, 5.74) is 0.897. The third-order valence-corrected chi connectivity index (χ3v) is 2.97. The largest absolute Gasteiger partial charge is 0.497 e. The van der Waals surface area contributed by atoms with Crippen LogP contribution < -0.4 is 10.1 Å². The summed E-state index contributed by atoms with van der Waals surface area (Å²) in [5.74, 6) is 1.62. The molecule has 0 radical (unpaired) electrons. The highest BCUT2D eigenvalue weighted by Crippen LogP contribution is 2.24. The van der Waals surface area contributed by atoms with Crippen LogP contribution in [0, 0.1) is 0 Å². The summed E-state index contributed by atoms with van der Waals surface area (Å²) in [6.07, 6.45) is 4.43. The van der Waals surface area contributed by atoms with Crippen LogP contribution in [0.5, 0.6) is 5.75 Å². The average molecular weight is 261 g/mol. The van der Waals surface area contributed by atoms with E-state index in [4.69, 9.17) is 9.84 Å². The monoisotopic (exact) mass is 261 g/mol. The predicted molar refractivity (Wildman–Crippen MR) is 75.5 cm³/mol. The summed E-state index contributed by atoms with van der Waals surface area (Å²) < 4.78 is 5.22. The fourth-order valence-corrected chi connectivity index (χ4v) is 1.92. The molecule has 0 amide bonds. The van der Waals surface area contributed by atoms with Crippen LogP contribution in [0.1, 0.15) is 19.3 Å². The maximum atomic E-state index is 8.73. The van der Waals surface area contributed by atoms with Crippen LogP contribution in [0.2, 0.25) is 0 Å². The summed E-state index contributed by atoms with van der Waals surface area (Å²) in [4.78, 5) is 8.51. The molecule has 2 rings (SSSR count). The normalized spacial score (nSPS) is 10.6. The molecule has 1 aromatic carbocycles. The summed E-state index contributed by atoms with van der Waals surface area (Å²) >= 11 is 0. The van der Waals surface area contributed by atoms with Gasteiger partial charge in [0.25, 0.3) is 0 Å². The van der Waals surface area contributed by atoms with E-state index < -0.39 is 0 Å². The summed E-state index contributed by atoms with van der Waals surface area (Å²) in [6.45, 7) is 1.09. The van der Waals surface area contributed by atoms with Gasteiger partial charge < -0.3 is 15.2 Å². The van der Waals surface area contributed by atoms with Gasteiger partial charge in [-0.05, 0) is 37.5 Å². The minimum atomic E-state index is 0.258. The minimum absolute atomic E-state index is 0.258. The van der Waals surface area contributed by atoms with Crippen molar-refractivity contribution in [1.29, 1.82) is 0 Å². The number of hydrogen-bond donors (Lipinski definition) is 2. The highest BCUT2D eigenvalue weighted by molar-refractivity contribution is 5.89. The molecule has 0 saturated heterocycles. The number of aromatic nitrogens is 2. The Balaban J connectivity index is 2.08. The van der Waals surface area contributed by atoms with Gasteiger partial charge in [0.05, 0.1) is 12.6 Å². The molecule has 0 aliphatic rings. The van der Waals surface area contributed by atoms with Crippen molar-refractivity contribution in [2.24, 2.45) is 0 Å². The molecule has 0 unspecified atom stereocenters. The third kappa shape index (κ3) is 3.54. The molecular formula is C14H19N3O2. The Morgan fingerprint density at radius 3 is 2.89 bits per heavy atom. The van der Waals surface area contributed by atoms with Crippen LogP contribution in [0.3, 0.4) is 0 Å². The number of nitrogens with one attached hydrogen (secondary N) is 1. The molecule has 0 atom stereocenters. The van der Waals surface area contributed by atoms with Crippen molar-refractivity contribution in [3.05, 3.63) is 24.5 Å². The number of methoxy groups -OCH3 is 1. The first-order valence-corrected chi connectivity index (χ1v) is 6.48. The quantitative estimate of drug-likeness (QED) is 0.748. The van der Waals surface area contributed by atoms with Gasteiger partial charge in [0.1, 0.15) is 17.9 Å². The Labute approximate surface area is 112 Å². The molecule has 5 heteroatoms. The van der Waals surface area contributed by atoms with Gasteiger partial charge in [0.15, 0.2) is 0 Å². The number of fused-ring (bicyclic) bond motifs is 1. The molecule has 102 valence electrons. The zero-order chi connectivity index (χ0) is 13.5. The lowest BCUT2D eigenvalue weighted by Gasteiger charge is -2.09. The topological polar surface area (TPSA) is 67.3 Å². The molecule has 0 aliphatic heterocycles. The molecule has 2 aromatic rings. The van der Waals surface area contributed by atoms with Crippen molar-refractivity contribution in [2.75, 3.05) is 25.6 Å². The van der Waals surface area contributed by atoms with E-state index in [2.05, 4.69) is 15.3 Å². The van der Waals surface area contributed by atoms with E-state index in [0.717, 1.165) is 48.3 Å². The number of nitrogens with zero attached hydrogens (tertiary/aromatic N) is 2. The van der Waals surface area contributed by atoms with Gasteiger partial charge in [-0.3, -0.25) is 0 Å². The first-order valence-electron chi connectivity index (χ1n) is 6.48.